The molecule has 0 saturated heterocycles. The molecule has 0 aromatic carbocycles. The smallest absolute Gasteiger partial charge is 0.412 e. The molecule has 16 heavy (non-hydrogen) atoms. The van der Waals surface area contributed by atoms with Crippen LogP contribution in [0.25, 0.3) is 5.57 Å². The number of nitrogens with one attached hydrogen (secondary N) is 1. The molecule has 0 atom stereocenters. The first-order valence-electron chi connectivity index (χ1n) is 5.03. The van der Waals surface area contributed by atoms with Crippen LogP contribution in [0.15, 0.2) is 18.0 Å². The third-order valence-corrected chi connectivity index (χ3v) is 2.76. The molecular formula is C12H17NO2S. The summed E-state index contributed by atoms with van der Waals surface area (Å²) in [6.45, 7) is 11.3. The Hall–Kier alpha value is -1.29. The molecule has 1 amide bonds. The maximum atomic E-state index is 11.5. The minimum absolute atomic E-state index is 0.437. The van der Waals surface area contributed by atoms with Crippen LogP contribution in [0.4, 0.5) is 10.5 Å². The largest absolute Gasteiger partial charge is 0.444 e. The molecule has 0 aliphatic rings. The first-order valence-corrected chi connectivity index (χ1v) is 5.91. The topological polar surface area (TPSA) is 38.3 Å². The van der Waals surface area contributed by atoms with Crippen LogP contribution >= 0.6 is 11.3 Å². The van der Waals surface area contributed by atoms with Gasteiger partial charge in [-0.3, -0.25) is 5.32 Å². The van der Waals surface area contributed by atoms with E-state index in [4.69, 9.17) is 4.74 Å². The zero-order chi connectivity index (χ0) is 12.3. The monoisotopic (exact) mass is 239 g/mol. The van der Waals surface area contributed by atoms with Crippen LogP contribution in [0.3, 0.4) is 0 Å². The van der Waals surface area contributed by atoms with Gasteiger partial charge in [0, 0.05) is 0 Å². The third kappa shape index (κ3) is 3.70. The van der Waals surface area contributed by atoms with Crippen molar-refractivity contribution >= 4 is 28.7 Å². The number of allylic oxidation sites excluding steroid dienone is 1. The fraction of sp³-hybridized carbons (Fsp3) is 0.417. The number of hydrogen-bond donors (Lipinski definition) is 1. The second-order valence-corrected chi connectivity index (χ2v) is 5.49. The quantitative estimate of drug-likeness (QED) is 0.842. The second-order valence-electron chi connectivity index (χ2n) is 4.57. The van der Waals surface area contributed by atoms with E-state index in [1.165, 1.54) is 0 Å². The van der Waals surface area contributed by atoms with Crippen molar-refractivity contribution in [1.29, 1.82) is 0 Å². The maximum absolute atomic E-state index is 11.5. The van der Waals surface area contributed by atoms with Crippen molar-refractivity contribution in [3.8, 4) is 0 Å². The SMILES string of the molecule is C=C(C)c1sccc1NC(=O)OC(C)(C)C. The van der Waals surface area contributed by atoms with Gasteiger partial charge in [-0.2, -0.15) is 0 Å². The fourth-order valence-corrected chi connectivity index (χ4v) is 1.94. The molecule has 0 saturated carbocycles. The summed E-state index contributed by atoms with van der Waals surface area (Å²) in [7, 11) is 0. The lowest BCUT2D eigenvalue weighted by atomic mass is 10.2. The summed E-state index contributed by atoms with van der Waals surface area (Å²) < 4.78 is 5.17. The average Bonchev–Trinajstić information content (AvgIpc) is 2.47. The van der Waals surface area contributed by atoms with E-state index in [1.807, 2.05) is 39.1 Å². The van der Waals surface area contributed by atoms with Gasteiger partial charge in [-0.05, 0) is 44.7 Å². The highest BCUT2D eigenvalue weighted by Crippen LogP contribution is 2.28. The Morgan fingerprint density at radius 1 is 1.50 bits per heavy atom. The van der Waals surface area contributed by atoms with E-state index in [0.717, 1.165) is 16.1 Å². The molecule has 0 aliphatic heterocycles. The Morgan fingerprint density at radius 3 is 2.62 bits per heavy atom. The lowest BCUT2D eigenvalue weighted by molar-refractivity contribution is 0.0636. The number of rotatable bonds is 2. The molecule has 0 fully saturated rings. The molecule has 1 aromatic rings. The van der Waals surface area contributed by atoms with Crippen molar-refractivity contribution in [2.75, 3.05) is 5.32 Å². The number of thiophene rings is 1. The molecule has 3 nitrogen and oxygen atoms in total. The van der Waals surface area contributed by atoms with Crippen LogP contribution < -0.4 is 5.32 Å². The number of carbonyl (C=O) groups excluding carboxylic acids is 1. The van der Waals surface area contributed by atoms with Gasteiger partial charge in [-0.1, -0.05) is 6.58 Å². The fourth-order valence-electron chi connectivity index (χ4n) is 1.15. The van der Waals surface area contributed by atoms with Crippen molar-refractivity contribution in [1.82, 2.24) is 0 Å². The molecule has 1 heterocycles. The summed E-state index contributed by atoms with van der Waals surface area (Å²) in [4.78, 5) is 12.5. The highest BCUT2D eigenvalue weighted by Gasteiger charge is 2.17. The van der Waals surface area contributed by atoms with E-state index in [9.17, 15) is 4.79 Å². The zero-order valence-electron chi connectivity index (χ0n) is 10.1. The lowest BCUT2D eigenvalue weighted by Gasteiger charge is -2.19. The number of amides is 1. The van der Waals surface area contributed by atoms with Crippen molar-refractivity contribution in [2.24, 2.45) is 0 Å². The number of carbonyl (C=O) groups is 1. The lowest BCUT2D eigenvalue weighted by Crippen LogP contribution is -2.27. The van der Waals surface area contributed by atoms with Crippen LogP contribution in [0, 0.1) is 0 Å². The third-order valence-electron chi connectivity index (χ3n) is 1.69. The van der Waals surface area contributed by atoms with Crippen molar-refractivity contribution in [3.05, 3.63) is 22.9 Å². The van der Waals surface area contributed by atoms with Crippen LogP contribution in [-0.4, -0.2) is 11.7 Å². The van der Waals surface area contributed by atoms with Gasteiger partial charge in [-0.15, -0.1) is 11.3 Å². The molecule has 0 radical (unpaired) electrons. The number of hydrogen-bond acceptors (Lipinski definition) is 3. The number of ether oxygens (including phenoxy) is 1. The summed E-state index contributed by atoms with van der Waals surface area (Å²) in [5.41, 5.74) is 1.21. The summed E-state index contributed by atoms with van der Waals surface area (Å²) >= 11 is 1.55. The summed E-state index contributed by atoms with van der Waals surface area (Å²) in [6, 6.07) is 1.85. The molecule has 1 N–H and O–H groups in total. The van der Waals surface area contributed by atoms with Gasteiger partial charge in [0.1, 0.15) is 5.60 Å². The predicted octanol–water partition coefficient (Wildman–Crippen LogP) is 4.13. The maximum Gasteiger partial charge on any atom is 0.412 e. The van der Waals surface area contributed by atoms with Crippen LogP contribution in [0.1, 0.15) is 32.6 Å². The summed E-state index contributed by atoms with van der Waals surface area (Å²) in [5.74, 6) is 0. The highest BCUT2D eigenvalue weighted by atomic mass is 32.1. The van der Waals surface area contributed by atoms with E-state index in [-0.39, 0.29) is 0 Å². The second kappa shape index (κ2) is 4.70. The first-order chi connectivity index (χ1) is 7.29. The molecule has 1 aromatic heterocycles. The molecule has 88 valence electrons. The minimum atomic E-state index is -0.483. The standard InChI is InChI=1S/C12H17NO2S/c1-8(2)10-9(6-7-16-10)13-11(14)15-12(3,4)5/h6-7H,1H2,2-5H3,(H,13,14). The Morgan fingerprint density at radius 2 is 2.12 bits per heavy atom. The molecule has 0 bridgehead atoms. The van der Waals surface area contributed by atoms with Crippen LogP contribution in [0.5, 0.6) is 0 Å². The van der Waals surface area contributed by atoms with Crippen molar-refractivity contribution in [2.45, 2.75) is 33.3 Å². The highest BCUT2D eigenvalue weighted by molar-refractivity contribution is 7.11. The zero-order valence-corrected chi connectivity index (χ0v) is 10.9. The minimum Gasteiger partial charge on any atom is -0.444 e. The van der Waals surface area contributed by atoms with E-state index in [0.29, 0.717) is 0 Å². The van der Waals surface area contributed by atoms with Gasteiger partial charge >= 0.3 is 6.09 Å². The molecule has 0 spiro atoms. The van der Waals surface area contributed by atoms with Crippen molar-refractivity contribution < 1.29 is 9.53 Å². The van der Waals surface area contributed by atoms with Gasteiger partial charge in [-0.25, -0.2) is 4.79 Å². The van der Waals surface area contributed by atoms with E-state index < -0.39 is 11.7 Å². The van der Waals surface area contributed by atoms with E-state index in [1.54, 1.807) is 11.3 Å². The van der Waals surface area contributed by atoms with E-state index >= 15 is 0 Å². The predicted molar refractivity (Wildman–Crippen MR) is 68.9 cm³/mol. The molecular weight excluding hydrogens is 222 g/mol. The molecule has 4 heteroatoms. The van der Waals surface area contributed by atoms with Crippen molar-refractivity contribution in [3.63, 3.8) is 0 Å². The Balaban J connectivity index is 2.70. The van der Waals surface area contributed by atoms with Gasteiger partial charge < -0.3 is 4.74 Å². The first kappa shape index (κ1) is 12.8. The van der Waals surface area contributed by atoms with Gasteiger partial charge in [0.25, 0.3) is 0 Å². The van der Waals surface area contributed by atoms with Crippen LogP contribution in [0.2, 0.25) is 0 Å². The van der Waals surface area contributed by atoms with Gasteiger partial charge in [0.2, 0.25) is 0 Å². The number of anilines is 1. The van der Waals surface area contributed by atoms with Gasteiger partial charge in [0.05, 0.1) is 10.6 Å². The summed E-state index contributed by atoms with van der Waals surface area (Å²) in [6.07, 6.45) is -0.437. The Labute approximate surface area is 100 Å². The normalized spacial score (nSPS) is 11.0. The molecule has 1 rings (SSSR count). The molecule has 0 unspecified atom stereocenters. The summed E-state index contributed by atoms with van der Waals surface area (Å²) in [5, 5.41) is 4.63. The van der Waals surface area contributed by atoms with Crippen LogP contribution in [-0.2, 0) is 4.74 Å². The molecule has 0 aliphatic carbocycles. The average molecular weight is 239 g/mol. The van der Waals surface area contributed by atoms with E-state index in [2.05, 4.69) is 11.9 Å². The Kier molecular flexibility index (Phi) is 3.75. The van der Waals surface area contributed by atoms with Gasteiger partial charge in [0.15, 0.2) is 0 Å². The Bertz CT molecular complexity index is 401.